The number of Topliss-reactive ketones (excluding diaryl/α,β-unsaturated/α-hetero) is 1. The maximum absolute atomic E-state index is 12.2. The summed E-state index contributed by atoms with van der Waals surface area (Å²) in [4.78, 5) is 36.7. The number of aryl methyl sites for hydroxylation is 1. The number of hydrogen-bond acceptors (Lipinski definition) is 7. The molecule has 7 nitrogen and oxygen atoms in total. The Balaban J connectivity index is 1.56. The Hall–Kier alpha value is -3.39. The van der Waals surface area contributed by atoms with Crippen LogP contribution in [0.1, 0.15) is 43.0 Å². The van der Waals surface area contributed by atoms with Crippen LogP contribution >= 0.6 is 11.5 Å². The Bertz CT molecular complexity index is 984. The minimum absolute atomic E-state index is 0.237. The molecule has 0 aliphatic rings. The van der Waals surface area contributed by atoms with Crippen LogP contribution in [0.5, 0.6) is 0 Å². The largest absolute Gasteiger partial charge is 0.453 e. The second kappa shape index (κ2) is 9.01. The van der Waals surface area contributed by atoms with E-state index in [2.05, 4.69) is 14.9 Å². The summed E-state index contributed by atoms with van der Waals surface area (Å²) in [5, 5.41) is 6.60. The Labute approximate surface area is 165 Å². The smallest absolute Gasteiger partial charge is 0.352 e. The van der Waals surface area contributed by atoms with Crippen molar-refractivity contribution in [2.45, 2.75) is 13.3 Å². The summed E-state index contributed by atoms with van der Waals surface area (Å²) in [6.45, 7) is 1.48. The standard InChI is InChI=1S/C20H17N3O4S/c1-2-16-18(28-23-22-16)20(26)27-12-17(24)13-8-10-15(11-9-13)21-19(25)14-6-4-3-5-7-14/h3-11H,2,12H2,1H3,(H,21,25). The first-order valence-electron chi connectivity index (χ1n) is 8.56. The maximum atomic E-state index is 12.2. The van der Waals surface area contributed by atoms with Crippen molar-refractivity contribution < 1.29 is 19.1 Å². The van der Waals surface area contributed by atoms with Crippen LogP contribution in [0.25, 0.3) is 0 Å². The van der Waals surface area contributed by atoms with Crippen LogP contribution in [0.15, 0.2) is 54.6 Å². The summed E-state index contributed by atoms with van der Waals surface area (Å²) < 4.78 is 8.80. The quantitative estimate of drug-likeness (QED) is 0.486. The Morgan fingerprint density at radius 3 is 2.39 bits per heavy atom. The van der Waals surface area contributed by atoms with Gasteiger partial charge < -0.3 is 10.1 Å². The van der Waals surface area contributed by atoms with Crippen LogP contribution in [0, 0.1) is 0 Å². The monoisotopic (exact) mass is 395 g/mol. The van der Waals surface area contributed by atoms with Crippen molar-refractivity contribution in [2.75, 3.05) is 11.9 Å². The van der Waals surface area contributed by atoms with E-state index in [0.29, 0.717) is 33.8 Å². The molecular weight excluding hydrogens is 378 g/mol. The lowest BCUT2D eigenvalue weighted by atomic mass is 10.1. The third kappa shape index (κ3) is 4.66. The third-order valence-corrected chi connectivity index (χ3v) is 4.66. The van der Waals surface area contributed by atoms with Crippen LogP contribution in [-0.2, 0) is 11.2 Å². The second-order valence-electron chi connectivity index (χ2n) is 5.80. The van der Waals surface area contributed by atoms with Crippen molar-refractivity contribution in [3.63, 3.8) is 0 Å². The number of benzene rings is 2. The number of hydrogen-bond donors (Lipinski definition) is 1. The third-order valence-electron chi connectivity index (χ3n) is 3.91. The van der Waals surface area contributed by atoms with E-state index < -0.39 is 5.97 Å². The van der Waals surface area contributed by atoms with E-state index in [1.54, 1.807) is 48.5 Å². The zero-order valence-corrected chi connectivity index (χ0v) is 15.9. The SMILES string of the molecule is CCc1nnsc1C(=O)OCC(=O)c1ccc(NC(=O)c2ccccc2)cc1. The molecule has 28 heavy (non-hydrogen) atoms. The van der Waals surface area contributed by atoms with Crippen molar-refractivity contribution in [3.8, 4) is 0 Å². The van der Waals surface area contributed by atoms with E-state index in [-0.39, 0.29) is 18.3 Å². The molecule has 0 aliphatic heterocycles. The molecule has 1 amide bonds. The number of ether oxygens (including phenoxy) is 1. The number of esters is 1. The number of aromatic nitrogens is 2. The van der Waals surface area contributed by atoms with Crippen LogP contribution in [-0.4, -0.2) is 33.9 Å². The number of anilines is 1. The van der Waals surface area contributed by atoms with Gasteiger partial charge in [-0.15, -0.1) is 5.10 Å². The first-order chi connectivity index (χ1) is 13.6. The van der Waals surface area contributed by atoms with Crippen molar-refractivity contribution in [3.05, 3.63) is 76.3 Å². The van der Waals surface area contributed by atoms with Crippen molar-refractivity contribution in [1.82, 2.24) is 9.59 Å². The predicted octanol–water partition coefficient (Wildman–Crippen LogP) is 3.39. The Kier molecular flexibility index (Phi) is 6.23. The second-order valence-corrected chi connectivity index (χ2v) is 6.55. The average Bonchev–Trinajstić information content (AvgIpc) is 3.22. The first kappa shape index (κ1) is 19.4. The molecular formula is C20H17N3O4S. The zero-order valence-electron chi connectivity index (χ0n) is 15.0. The average molecular weight is 395 g/mol. The fourth-order valence-corrected chi connectivity index (χ4v) is 3.05. The molecule has 1 N–H and O–H groups in total. The number of nitrogens with zero attached hydrogens (tertiary/aromatic N) is 2. The fourth-order valence-electron chi connectivity index (χ4n) is 2.41. The number of carbonyl (C=O) groups is 3. The van der Waals surface area contributed by atoms with Crippen LogP contribution in [0.4, 0.5) is 5.69 Å². The summed E-state index contributed by atoms with van der Waals surface area (Å²) in [5.41, 5.74) is 2.04. The van der Waals surface area contributed by atoms with Crippen molar-refractivity contribution >= 4 is 34.9 Å². The molecule has 8 heteroatoms. The number of rotatable bonds is 7. The highest BCUT2D eigenvalue weighted by atomic mass is 32.1. The van der Waals surface area contributed by atoms with Crippen molar-refractivity contribution in [1.29, 1.82) is 0 Å². The lowest BCUT2D eigenvalue weighted by Crippen LogP contribution is -2.15. The summed E-state index contributed by atoms with van der Waals surface area (Å²) in [5.74, 6) is -1.18. The Morgan fingerprint density at radius 1 is 1.00 bits per heavy atom. The van der Waals surface area contributed by atoms with E-state index in [0.717, 1.165) is 11.5 Å². The highest BCUT2D eigenvalue weighted by Crippen LogP contribution is 2.14. The number of amides is 1. The summed E-state index contributed by atoms with van der Waals surface area (Å²) in [7, 11) is 0. The van der Waals surface area contributed by atoms with Gasteiger partial charge in [-0.2, -0.15) is 0 Å². The molecule has 0 fully saturated rings. The molecule has 0 unspecified atom stereocenters. The Morgan fingerprint density at radius 2 is 1.71 bits per heavy atom. The first-order valence-corrected chi connectivity index (χ1v) is 9.34. The molecule has 3 aromatic rings. The van der Waals surface area contributed by atoms with Crippen LogP contribution in [0.3, 0.4) is 0 Å². The topological polar surface area (TPSA) is 98.2 Å². The predicted molar refractivity (Wildman–Crippen MR) is 105 cm³/mol. The summed E-state index contributed by atoms with van der Waals surface area (Å²) >= 11 is 0.948. The van der Waals surface area contributed by atoms with E-state index in [4.69, 9.17) is 4.74 Å². The fraction of sp³-hybridized carbons (Fsp3) is 0.150. The van der Waals surface area contributed by atoms with E-state index in [9.17, 15) is 14.4 Å². The van der Waals surface area contributed by atoms with Gasteiger partial charge in [0, 0.05) is 16.8 Å². The van der Waals surface area contributed by atoms with E-state index in [1.807, 2.05) is 13.0 Å². The molecule has 2 aromatic carbocycles. The molecule has 0 atom stereocenters. The molecule has 142 valence electrons. The molecule has 0 saturated heterocycles. The van der Waals surface area contributed by atoms with Gasteiger partial charge in [-0.05, 0) is 54.4 Å². The minimum Gasteiger partial charge on any atom is -0.453 e. The van der Waals surface area contributed by atoms with Crippen LogP contribution < -0.4 is 5.32 Å². The summed E-state index contributed by atoms with van der Waals surface area (Å²) in [6, 6.07) is 15.2. The van der Waals surface area contributed by atoms with E-state index >= 15 is 0 Å². The molecule has 1 aromatic heterocycles. The lowest BCUT2D eigenvalue weighted by Gasteiger charge is -2.07. The van der Waals surface area contributed by atoms with Gasteiger partial charge in [0.15, 0.2) is 17.3 Å². The molecule has 0 aliphatic carbocycles. The molecule has 0 spiro atoms. The van der Waals surface area contributed by atoms with Gasteiger partial charge in [0.2, 0.25) is 0 Å². The van der Waals surface area contributed by atoms with Gasteiger partial charge in [0.1, 0.15) is 0 Å². The van der Waals surface area contributed by atoms with Crippen LogP contribution in [0.2, 0.25) is 0 Å². The normalized spacial score (nSPS) is 10.3. The number of carbonyl (C=O) groups excluding carboxylic acids is 3. The number of ketones is 1. The number of nitrogens with one attached hydrogen (secondary N) is 1. The molecule has 3 rings (SSSR count). The van der Waals surface area contributed by atoms with Gasteiger partial charge in [-0.1, -0.05) is 29.6 Å². The van der Waals surface area contributed by atoms with Gasteiger partial charge in [-0.3, -0.25) is 9.59 Å². The van der Waals surface area contributed by atoms with Gasteiger partial charge in [0.05, 0.1) is 5.69 Å². The molecule has 0 bridgehead atoms. The maximum Gasteiger partial charge on any atom is 0.352 e. The van der Waals surface area contributed by atoms with Gasteiger partial charge in [0.25, 0.3) is 5.91 Å². The van der Waals surface area contributed by atoms with Gasteiger partial charge >= 0.3 is 5.97 Å². The van der Waals surface area contributed by atoms with E-state index in [1.165, 1.54) is 0 Å². The molecule has 0 radical (unpaired) electrons. The lowest BCUT2D eigenvalue weighted by molar-refractivity contribution is 0.0478. The highest BCUT2D eigenvalue weighted by Gasteiger charge is 2.18. The zero-order chi connectivity index (χ0) is 19.9. The minimum atomic E-state index is -0.605. The summed E-state index contributed by atoms with van der Waals surface area (Å²) in [6.07, 6.45) is 0.561. The van der Waals surface area contributed by atoms with Crippen molar-refractivity contribution in [2.24, 2.45) is 0 Å². The molecule has 0 saturated carbocycles. The molecule has 1 heterocycles. The van der Waals surface area contributed by atoms with Gasteiger partial charge in [-0.25, -0.2) is 4.79 Å². The highest BCUT2D eigenvalue weighted by molar-refractivity contribution is 7.07.